The van der Waals surface area contributed by atoms with Crippen molar-refractivity contribution in [1.29, 1.82) is 0 Å². The summed E-state index contributed by atoms with van der Waals surface area (Å²) in [6.07, 6.45) is 1.59. The van der Waals surface area contributed by atoms with E-state index in [0.29, 0.717) is 19.0 Å². The molecule has 0 N–H and O–H groups in total. The first-order valence-electron chi connectivity index (χ1n) is 9.40. The van der Waals surface area contributed by atoms with Gasteiger partial charge in [0.2, 0.25) is 0 Å². The van der Waals surface area contributed by atoms with E-state index >= 15 is 0 Å². The summed E-state index contributed by atoms with van der Waals surface area (Å²) in [6.45, 7) is 4.05. The quantitative estimate of drug-likeness (QED) is 0.851. The van der Waals surface area contributed by atoms with Gasteiger partial charge in [0.1, 0.15) is 6.09 Å². The molecule has 0 spiro atoms. The van der Waals surface area contributed by atoms with Crippen LogP contribution >= 0.6 is 0 Å². The maximum absolute atomic E-state index is 10.9. The van der Waals surface area contributed by atoms with Gasteiger partial charge in [-0.25, -0.2) is 0 Å². The highest BCUT2D eigenvalue weighted by Crippen LogP contribution is 2.29. The van der Waals surface area contributed by atoms with Gasteiger partial charge in [-0.2, -0.15) is 0 Å². The molecule has 1 aromatic heterocycles. The molecule has 2 aromatic rings. The molecule has 0 atom stereocenters. The first-order valence-corrected chi connectivity index (χ1v) is 9.40. The summed E-state index contributed by atoms with van der Waals surface area (Å²) in [7, 11) is 0. The Hall–Kier alpha value is -2.40. The molecule has 0 aliphatic carbocycles. The lowest BCUT2D eigenvalue weighted by Gasteiger charge is -2.34. The molecular formula is C21H24N3O2-. The van der Waals surface area contributed by atoms with Gasteiger partial charge in [0.05, 0.1) is 0 Å². The van der Waals surface area contributed by atoms with E-state index in [1.54, 1.807) is 0 Å². The van der Waals surface area contributed by atoms with Gasteiger partial charge in [0, 0.05) is 56.5 Å². The van der Waals surface area contributed by atoms with Crippen molar-refractivity contribution in [3.63, 3.8) is 0 Å². The fraction of sp³-hybridized carbons (Fsp3) is 0.429. The second-order valence-electron chi connectivity index (χ2n) is 7.32. The van der Waals surface area contributed by atoms with Crippen LogP contribution < -0.4 is 5.11 Å². The second kappa shape index (κ2) is 7.46. The number of piperidine rings is 1. The number of fused-ring (bicyclic) bond motifs is 1. The predicted molar refractivity (Wildman–Crippen MR) is 97.4 cm³/mol. The van der Waals surface area contributed by atoms with E-state index in [1.165, 1.54) is 21.7 Å². The zero-order chi connectivity index (χ0) is 17.9. The lowest BCUT2D eigenvalue weighted by Crippen LogP contribution is -2.45. The summed E-state index contributed by atoms with van der Waals surface area (Å²) >= 11 is 0. The molecule has 5 nitrogen and oxygen atoms in total. The van der Waals surface area contributed by atoms with Crippen LogP contribution in [-0.2, 0) is 19.5 Å². The summed E-state index contributed by atoms with van der Waals surface area (Å²) in [5, 5.41) is 10.9. The normalized spacial score (nSPS) is 18.5. The molecule has 1 saturated heterocycles. The Bertz CT molecular complexity index is 770. The molecule has 0 radical (unpaired) electrons. The van der Waals surface area contributed by atoms with E-state index in [-0.39, 0.29) is 0 Å². The summed E-state index contributed by atoms with van der Waals surface area (Å²) in [6, 6.07) is 15.0. The molecular weight excluding hydrogens is 326 g/mol. The first-order chi connectivity index (χ1) is 12.7. The van der Waals surface area contributed by atoms with Crippen LogP contribution in [0.5, 0.6) is 0 Å². The van der Waals surface area contributed by atoms with Crippen molar-refractivity contribution in [1.82, 2.24) is 14.8 Å². The highest BCUT2D eigenvalue weighted by atomic mass is 16.4. The fourth-order valence-electron chi connectivity index (χ4n) is 4.05. The molecule has 1 aromatic carbocycles. The Kier molecular flexibility index (Phi) is 4.89. The number of hydrogen-bond donors (Lipinski definition) is 0. The van der Waals surface area contributed by atoms with E-state index in [0.717, 1.165) is 44.6 Å². The van der Waals surface area contributed by atoms with Crippen molar-refractivity contribution in [2.75, 3.05) is 19.6 Å². The first kappa shape index (κ1) is 17.0. The van der Waals surface area contributed by atoms with Crippen molar-refractivity contribution in [2.45, 2.75) is 38.3 Å². The molecule has 136 valence electrons. The third-order valence-electron chi connectivity index (χ3n) is 5.57. The zero-order valence-electron chi connectivity index (χ0n) is 14.9. The van der Waals surface area contributed by atoms with E-state index in [1.807, 2.05) is 0 Å². The van der Waals surface area contributed by atoms with Crippen molar-refractivity contribution in [2.24, 2.45) is 0 Å². The van der Waals surface area contributed by atoms with Crippen LogP contribution in [0.4, 0.5) is 4.79 Å². The van der Waals surface area contributed by atoms with Crippen molar-refractivity contribution < 1.29 is 9.90 Å². The van der Waals surface area contributed by atoms with Gasteiger partial charge in [0.15, 0.2) is 0 Å². The standard InChI is InChI=1S/C21H25N3O2/c25-21(26)24-12-8-17(9-13-24)19-7-6-18-15-23(11-10-20(18)22-19)14-16-4-2-1-3-5-16/h1-7,17H,8-15H2,(H,25,26)/p-1. The minimum absolute atomic E-state index is 0.359. The number of amides is 1. The molecule has 26 heavy (non-hydrogen) atoms. The van der Waals surface area contributed by atoms with Crippen LogP contribution in [0.25, 0.3) is 0 Å². The summed E-state index contributed by atoms with van der Waals surface area (Å²) in [5.41, 5.74) is 5.01. The third kappa shape index (κ3) is 3.73. The van der Waals surface area contributed by atoms with Crippen LogP contribution in [-0.4, -0.2) is 40.5 Å². The Balaban J connectivity index is 1.40. The van der Waals surface area contributed by atoms with Gasteiger partial charge in [-0.3, -0.25) is 9.88 Å². The second-order valence-corrected chi connectivity index (χ2v) is 7.32. The fourth-order valence-corrected chi connectivity index (χ4v) is 4.05. The summed E-state index contributed by atoms with van der Waals surface area (Å²) < 4.78 is 0. The number of hydrogen-bond acceptors (Lipinski definition) is 4. The van der Waals surface area contributed by atoms with Gasteiger partial charge in [-0.05, 0) is 30.0 Å². The highest BCUT2D eigenvalue weighted by Gasteiger charge is 2.24. The maximum Gasteiger partial charge on any atom is 0.136 e. The molecule has 0 saturated carbocycles. The largest absolute Gasteiger partial charge is 0.530 e. The average molecular weight is 350 g/mol. The molecule has 4 rings (SSSR count). The summed E-state index contributed by atoms with van der Waals surface area (Å²) in [5.74, 6) is 0.359. The van der Waals surface area contributed by atoms with E-state index in [2.05, 4.69) is 47.4 Å². The lowest BCUT2D eigenvalue weighted by molar-refractivity contribution is -0.266. The number of benzene rings is 1. The van der Waals surface area contributed by atoms with Gasteiger partial charge < -0.3 is 14.8 Å². The van der Waals surface area contributed by atoms with Gasteiger partial charge >= 0.3 is 0 Å². The number of carbonyl (C=O) groups is 1. The number of aromatic nitrogens is 1. The zero-order valence-corrected chi connectivity index (χ0v) is 14.9. The van der Waals surface area contributed by atoms with E-state index in [9.17, 15) is 9.90 Å². The van der Waals surface area contributed by atoms with Crippen LogP contribution in [0.15, 0.2) is 42.5 Å². The summed E-state index contributed by atoms with van der Waals surface area (Å²) in [4.78, 5) is 19.8. The van der Waals surface area contributed by atoms with Crippen LogP contribution in [0.2, 0.25) is 0 Å². The minimum Gasteiger partial charge on any atom is -0.530 e. The number of nitrogens with zero attached hydrogens (tertiary/aromatic N) is 3. The van der Waals surface area contributed by atoms with Gasteiger partial charge in [-0.1, -0.05) is 36.4 Å². The Morgan fingerprint density at radius 3 is 2.58 bits per heavy atom. The van der Waals surface area contributed by atoms with Crippen LogP contribution in [0.3, 0.4) is 0 Å². The minimum atomic E-state index is -1.06. The van der Waals surface area contributed by atoms with Crippen molar-refractivity contribution in [3.05, 3.63) is 65.0 Å². The molecule has 0 bridgehead atoms. The predicted octanol–water partition coefficient (Wildman–Crippen LogP) is 2.16. The number of carbonyl (C=O) groups excluding carboxylic acids is 1. The maximum atomic E-state index is 10.9. The molecule has 1 fully saturated rings. The molecule has 5 heteroatoms. The smallest absolute Gasteiger partial charge is 0.136 e. The van der Waals surface area contributed by atoms with Gasteiger partial charge in [-0.15, -0.1) is 0 Å². The van der Waals surface area contributed by atoms with E-state index in [4.69, 9.17) is 4.98 Å². The monoisotopic (exact) mass is 350 g/mol. The number of pyridine rings is 1. The number of rotatable bonds is 3. The van der Waals surface area contributed by atoms with E-state index < -0.39 is 6.09 Å². The molecule has 3 heterocycles. The average Bonchev–Trinajstić information content (AvgIpc) is 2.68. The molecule has 2 aliphatic rings. The van der Waals surface area contributed by atoms with Gasteiger partial charge in [0.25, 0.3) is 0 Å². The lowest BCUT2D eigenvalue weighted by atomic mass is 9.92. The topological polar surface area (TPSA) is 59.5 Å². The van der Waals surface area contributed by atoms with Crippen molar-refractivity contribution in [3.8, 4) is 0 Å². The number of carboxylic acid groups (broad SMARTS) is 1. The van der Waals surface area contributed by atoms with Crippen LogP contribution in [0, 0.1) is 0 Å². The third-order valence-corrected chi connectivity index (χ3v) is 5.57. The number of likely N-dealkylation sites (tertiary alicyclic amines) is 1. The van der Waals surface area contributed by atoms with Crippen molar-refractivity contribution >= 4 is 6.09 Å². The molecule has 0 unspecified atom stereocenters. The highest BCUT2D eigenvalue weighted by molar-refractivity contribution is 5.62. The Labute approximate surface area is 154 Å². The Morgan fingerprint density at radius 2 is 1.85 bits per heavy atom. The Morgan fingerprint density at radius 1 is 1.08 bits per heavy atom. The molecule has 2 aliphatic heterocycles. The van der Waals surface area contributed by atoms with Crippen LogP contribution in [0.1, 0.15) is 41.3 Å². The SMILES string of the molecule is O=C([O-])N1CCC(c2ccc3c(n2)CCN(Cc2ccccc2)C3)CC1. The molecule has 1 amide bonds.